The van der Waals surface area contributed by atoms with Gasteiger partial charge in [0.25, 0.3) is 5.91 Å². The van der Waals surface area contributed by atoms with Crippen LogP contribution in [0.3, 0.4) is 0 Å². The Balaban J connectivity index is 1.41. The molecule has 142 valence electrons. The molecule has 6 heteroatoms. The van der Waals surface area contributed by atoms with Gasteiger partial charge in [0.2, 0.25) is 0 Å². The number of carbonyl (C=O) groups is 2. The lowest BCUT2D eigenvalue weighted by molar-refractivity contribution is 0.0588. The maximum Gasteiger partial charge on any atom is 0.410 e. The number of carbonyl (C=O) groups excluding carboxylic acids is 2. The van der Waals surface area contributed by atoms with Gasteiger partial charge >= 0.3 is 6.09 Å². The van der Waals surface area contributed by atoms with E-state index in [1.165, 1.54) is 12.1 Å². The lowest BCUT2D eigenvalue weighted by Crippen LogP contribution is -2.46. The Bertz CT molecular complexity index is 638. The fraction of sp³-hybridized carbons (Fsp3) is 0.600. The molecule has 5 nitrogen and oxygen atoms in total. The fourth-order valence-corrected chi connectivity index (χ4v) is 4.35. The fourth-order valence-electron chi connectivity index (χ4n) is 4.35. The van der Waals surface area contributed by atoms with E-state index in [9.17, 15) is 14.0 Å². The summed E-state index contributed by atoms with van der Waals surface area (Å²) in [5.74, 6) is -0.281. The first-order valence-corrected chi connectivity index (χ1v) is 9.58. The molecule has 2 saturated heterocycles. The van der Waals surface area contributed by atoms with Gasteiger partial charge in [0, 0.05) is 18.6 Å². The van der Waals surface area contributed by atoms with Crippen molar-refractivity contribution in [3.63, 3.8) is 0 Å². The van der Waals surface area contributed by atoms with Crippen molar-refractivity contribution in [2.45, 2.75) is 57.5 Å². The van der Waals surface area contributed by atoms with Crippen LogP contribution in [0.15, 0.2) is 24.3 Å². The molecule has 2 amide bonds. The molecular weight excluding hydrogens is 335 g/mol. The predicted octanol–water partition coefficient (Wildman–Crippen LogP) is 3.74. The highest BCUT2D eigenvalue weighted by Crippen LogP contribution is 2.40. The Morgan fingerprint density at radius 2 is 1.92 bits per heavy atom. The molecule has 26 heavy (non-hydrogen) atoms. The highest BCUT2D eigenvalue weighted by Gasteiger charge is 2.43. The van der Waals surface area contributed by atoms with Crippen LogP contribution in [-0.4, -0.2) is 42.1 Å². The number of fused-ring (bicyclic) bond motifs is 2. The minimum atomic E-state index is -0.493. The number of rotatable bonds is 6. The third-order valence-corrected chi connectivity index (χ3v) is 5.50. The van der Waals surface area contributed by atoms with Gasteiger partial charge in [-0.15, -0.1) is 0 Å². The number of ether oxygens (including phenoxy) is 1. The highest BCUT2D eigenvalue weighted by atomic mass is 19.1. The number of hydrogen-bond donors (Lipinski definition) is 1. The Kier molecular flexibility index (Phi) is 6.12. The summed E-state index contributed by atoms with van der Waals surface area (Å²) in [5, 5.41) is 2.80. The van der Waals surface area contributed by atoms with Crippen LogP contribution >= 0.6 is 0 Å². The zero-order chi connectivity index (χ0) is 18.5. The van der Waals surface area contributed by atoms with E-state index in [1.54, 1.807) is 12.1 Å². The molecule has 0 radical (unpaired) electrons. The zero-order valence-corrected chi connectivity index (χ0v) is 15.2. The Morgan fingerprint density at radius 3 is 2.58 bits per heavy atom. The van der Waals surface area contributed by atoms with Gasteiger partial charge in [0.1, 0.15) is 5.82 Å². The van der Waals surface area contributed by atoms with E-state index in [1.807, 2.05) is 11.8 Å². The molecule has 0 aromatic heterocycles. The van der Waals surface area contributed by atoms with Gasteiger partial charge in [-0.05, 0) is 63.5 Å². The summed E-state index contributed by atoms with van der Waals surface area (Å²) in [6.45, 7) is 2.79. The van der Waals surface area contributed by atoms with E-state index in [0.29, 0.717) is 31.2 Å². The lowest BCUT2D eigenvalue weighted by Gasteiger charge is -2.38. The van der Waals surface area contributed by atoms with Crippen LogP contribution in [-0.2, 0) is 4.74 Å². The third-order valence-electron chi connectivity index (χ3n) is 5.50. The van der Waals surface area contributed by atoms with Gasteiger partial charge in [-0.1, -0.05) is 12.1 Å². The second-order valence-corrected chi connectivity index (χ2v) is 7.21. The number of halogens is 1. The zero-order valence-electron chi connectivity index (χ0n) is 15.2. The molecular formula is C20H27FN2O3. The second kappa shape index (κ2) is 8.52. The van der Waals surface area contributed by atoms with Gasteiger partial charge in [-0.3, -0.25) is 4.79 Å². The van der Waals surface area contributed by atoms with E-state index >= 15 is 0 Å². The first-order chi connectivity index (χ1) is 12.6. The van der Waals surface area contributed by atoms with Gasteiger partial charge in [0.05, 0.1) is 12.2 Å². The molecule has 3 rings (SSSR count). The summed E-state index contributed by atoms with van der Waals surface area (Å²) in [6, 6.07) is 6.61. The van der Waals surface area contributed by atoms with E-state index in [0.717, 1.165) is 38.5 Å². The van der Waals surface area contributed by atoms with E-state index < -0.39 is 5.82 Å². The van der Waals surface area contributed by atoms with Crippen molar-refractivity contribution < 1.29 is 18.7 Å². The largest absolute Gasteiger partial charge is 0.450 e. The minimum Gasteiger partial charge on any atom is -0.450 e. The molecule has 2 atom stereocenters. The average molecular weight is 362 g/mol. The molecule has 2 heterocycles. The Hall–Kier alpha value is -2.11. The maximum atomic E-state index is 13.6. The monoisotopic (exact) mass is 362 g/mol. The Labute approximate surface area is 153 Å². The van der Waals surface area contributed by atoms with E-state index in [4.69, 9.17) is 4.74 Å². The quantitative estimate of drug-likeness (QED) is 0.785. The number of piperidine rings is 1. The van der Waals surface area contributed by atoms with E-state index in [2.05, 4.69) is 5.32 Å². The van der Waals surface area contributed by atoms with Crippen LogP contribution in [0.1, 0.15) is 55.8 Å². The standard InChI is InChI=1S/C20H27FN2O3/c1-2-26-20(25)23-15-9-10-16(23)13-14(12-15)6-5-11-22-19(24)17-7-3-4-8-18(17)21/h3-4,7-8,14-16H,2,5-6,9-13H2,1H3,(H,22,24). The summed E-state index contributed by atoms with van der Waals surface area (Å²) in [5.41, 5.74) is 0.0910. The molecule has 2 aliphatic heterocycles. The number of amides is 2. The molecule has 2 bridgehead atoms. The van der Waals surface area contributed by atoms with Crippen molar-refractivity contribution in [3.8, 4) is 0 Å². The van der Waals surface area contributed by atoms with Crippen molar-refractivity contribution in [2.75, 3.05) is 13.2 Å². The Morgan fingerprint density at radius 1 is 1.23 bits per heavy atom. The number of hydrogen-bond acceptors (Lipinski definition) is 3. The second-order valence-electron chi connectivity index (χ2n) is 7.21. The molecule has 0 spiro atoms. The maximum absolute atomic E-state index is 13.6. The van der Waals surface area contributed by atoms with Crippen LogP contribution in [0.4, 0.5) is 9.18 Å². The SMILES string of the molecule is CCOC(=O)N1C2CCC1CC(CCCNC(=O)c1ccccc1F)C2. The van der Waals surface area contributed by atoms with Crippen molar-refractivity contribution in [2.24, 2.45) is 5.92 Å². The van der Waals surface area contributed by atoms with Gasteiger partial charge in [-0.2, -0.15) is 0 Å². The van der Waals surface area contributed by atoms with E-state index in [-0.39, 0.29) is 17.6 Å². The van der Waals surface area contributed by atoms with Crippen LogP contribution < -0.4 is 5.32 Å². The first-order valence-electron chi connectivity index (χ1n) is 9.58. The predicted molar refractivity (Wildman–Crippen MR) is 96.4 cm³/mol. The molecule has 2 fully saturated rings. The molecule has 0 aliphatic carbocycles. The molecule has 0 saturated carbocycles. The van der Waals surface area contributed by atoms with Gasteiger partial charge < -0.3 is 15.0 Å². The normalized spacial score (nSPS) is 24.4. The number of benzene rings is 1. The minimum absolute atomic E-state index is 0.0910. The van der Waals surface area contributed by atoms with Gasteiger partial charge in [-0.25, -0.2) is 9.18 Å². The van der Waals surface area contributed by atoms with Crippen LogP contribution in [0.2, 0.25) is 0 Å². The first kappa shape index (κ1) is 18.7. The third kappa shape index (κ3) is 4.17. The summed E-state index contributed by atoms with van der Waals surface area (Å²) < 4.78 is 18.8. The summed E-state index contributed by atoms with van der Waals surface area (Å²) >= 11 is 0. The topological polar surface area (TPSA) is 58.6 Å². The number of nitrogens with zero attached hydrogens (tertiary/aromatic N) is 1. The molecule has 2 aliphatic rings. The number of nitrogens with one attached hydrogen (secondary N) is 1. The molecule has 1 aromatic carbocycles. The van der Waals surface area contributed by atoms with Crippen LogP contribution in [0, 0.1) is 11.7 Å². The van der Waals surface area contributed by atoms with Crippen LogP contribution in [0.5, 0.6) is 0 Å². The van der Waals surface area contributed by atoms with Gasteiger partial charge in [0.15, 0.2) is 0 Å². The molecule has 1 N–H and O–H groups in total. The van der Waals surface area contributed by atoms with Crippen molar-refractivity contribution in [3.05, 3.63) is 35.6 Å². The molecule has 1 aromatic rings. The summed E-state index contributed by atoms with van der Waals surface area (Å²) in [7, 11) is 0. The molecule has 2 unspecified atom stereocenters. The summed E-state index contributed by atoms with van der Waals surface area (Å²) in [4.78, 5) is 26.0. The van der Waals surface area contributed by atoms with Crippen molar-refractivity contribution in [1.82, 2.24) is 10.2 Å². The van der Waals surface area contributed by atoms with Crippen LogP contribution in [0.25, 0.3) is 0 Å². The van der Waals surface area contributed by atoms with Crippen molar-refractivity contribution in [1.29, 1.82) is 0 Å². The highest BCUT2D eigenvalue weighted by molar-refractivity contribution is 5.94. The summed E-state index contributed by atoms with van der Waals surface area (Å²) in [6.07, 6.45) is 5.85. The lowest BCUT2D eigenvalue weighted by atomic mass is 9.87. The average Bonchev–Trinajstić information content (AvgIpc) is 2.90. The van der Waals surface area contributed by atoms with Crippen molar-refractivity contribution >= 4 is 12.0 Å². The smallest absolute Gasteiger partial charge is 0.410 e.